The second-order valence-corrected chi connectivity index (χ2v) is 4.95. The molecule has 0 fully saturated rings. The lowest BCUT2D eigenvalue weighted by atomic mass is 10.1. The molecule has 0 aliphatic heterocycles. The molecule has 0 radical (unpaired) electrons. The Kier molecular flexibility index (Phi) is 3.64. The van der Waals surface area contributed by atoms with E-state index in [-0.39, 0.29) is 11.5 Å². The largest absolute Gasteiger partial charge is 0.504 e. The number of benzene rings is 1. The third-order valence-corrected chi connectivity index (χ3v) is 3.35. The van der Waals surface area contributed by atoms with Gasteiger partial charge in [0, 0.05) is 9.13 Å². The molecule has 72 valence electrons. The molecule has 0 saturated carbocycles. The Morgan fingerprint density at radius 3 is 2.15 bits per heavy atom. The molecule has 1 aromatic carbocycles. The zero-order chi connectivity index (χ0) is 10.2. The van der Waals surface area contributed by atoms with Crippen LogP contribution < -0.4 is 0 Å². The van der Waals surface area contributed by atoms with Gasteiger partial charge in [-0.3, -0.25) is 0 Å². The Labute approximate surface area is 103 Å². The number of halogens is 2. The number of aliphatic hydroxyl groups is 1. The van der Waals surface area contributed by atoms with Gasteiger partial charge in [0.1, 0.15) is 0 Å². The normalized spacial score (nSPS) is 12.9. The summed E-state index contributed by atoms with van der Waals surface area (Å²) < 4.78 is 1.32. The van der Waals surface area contributed by atoms with Gasteiger partial charge >= 0.3 is 0 Å². The molecule has 0 spiro atoms. The fourth-order valence-corrected chi connectivity index (χ4v) is 3.19. The van der Waals surface area contributed by atoms with Gasteiger partial charge in [0.15, 0.2) is 11.5 Å². The Hall–Kier alpha value is 0.240. The van der Waals surface area contributed by atoms with Crippen molar-refractivity contribution in [1.82, 2.24) is 0 Å². The molecule has 0 bridgehead atoms. The first-order valence-electron chi connectivity index (χ1n) is 3.53. The molecule has 0 aromatic heterocycles. The molecule has 0 heterocycles. The minimum Gasteiger partial charge on any atom is -0.504 e. The molecule has 1 unspecified atom stereocenters. The number of phenols is 2. The van der Waals surface area contributed by atoms with Crippen LogP contribution in [0, 0.1) is 7.14 Å². The zero-order valence-electron chi connectivity index (χ0n) is 6.75. The first kappa shape index (κ1) is 11.3. The summed E-state index contributed by atoms with van der Waals surface area (Å²) in [6, 6.07) is 1.71. The fraction of sp³-hybridized carbons (Fsp3) is 0.250. The molecule has 3 nitrogen and oxygen atoms in total. The molecule has 13 heavy (non-hydrogen) atoms. The average molecular weight is 406 g/mol. The van der Waals surface area contributed by atoms with Gasteiger partial charge in [-0.25, -0.2) is 0 Å². The first-order valence-corrected chi connectivity index (χ1v) is 5.68. The van der Waals surface area contributed by atoms with Crippen molar-refractivity contribution < 1.29 is 15.3 Å². The van der Waals surface area contributed by atoms with Gasteiger partial charge in [-0.05, 0) is 58.2 Å². The van der Waals surface area contributed by atoms with Crippen molar-refractivity contribution in [2.24, 2.45) is 0 Å². The molecule has 3 N–H and O–H groups in total. The lowest BCUT2D eigenvalue weighted by Gasteiger charge is -2.12. The molecule has 1 aromatic rings. The molecule has 1 rings (SSSR count). The van der Waals surface area contributed by atoms with Crippen LogP contribution in [0.25, 0.3) is 0 Å². The summed E-state index contributed by atoms with van der Waals surface area (Å²) in [6.45, 7) is 1.55. The number of hydrogen-bond acceptors (Lipinski definition) is 3. The zero-order valence-corrected chi connectivity index (χ0v) is 11.1. The Morgan fingerprint density at radius 1 is 1.15 bits per heavy atom. The summed E-state index contributed by atoms with van der Waals surface area (Å²) in [6.07, 6.45) is -0.783. The Bertz CT molecular complexity index is 337. The van der Waals surface area contributed by atoms with E-state index in [9.17, 15) is 15.3 Å². The molecule has 5 heteroatoms. The fourth-order valence-electron chi connectivity index (χ4n) is 1.01. The van der Waals surface area contributed by atoms with Gasteiger partial charge in [0.2, 0.25) is 0 Å². The van der Waals surface area contributed by atoms with E-state index in [1.54, 1.807) is 13.0 Å². The molecular formula is C8H8I2O3. The van der Waals surface area contributed by atoms with Crippen molar-refractivity contribution in [3.63, 3.8) is 0 Å². The maximum Gasteiger partial charge on any atom is 0.171 e. The lowest BCUT2D eigenvalue weighted by Crippen LogP contribution is -1.96. The second kappa shape index (κ2) is 4.18. The summed E-state index contributed by atoms with van der Waals surface area (Å²) in [7, 11) is 0. The highest BCUT2D eigenvalue weighted by atomic mass is 127. The SMILES string of the molecule is CC(O)c1c(I)cc(I)c(O)c1O. The van der Waals surface area contributed by atoms with Gasteiger partial charge in [0.05, 0.1) is 9.67 Å². The van der Waals surface area contributed by atoms with Crippen LogP contribution in [-0.4, -0.2) is 15.3 Å². The predicted molar refractivity (Wildman–Crippen MR) is 65.8 cm³/mol. The topological polar surface area (TPSA) is 60.7 Å². The molecular weight excluding hydrogens is 398 g/mol. The first-order chi connectivity index (χ1) is 5.95. The van der Waals surface area contributed by atoms with Crippen LogP contribution in [-0.2, 0) is 0 Å². The summed E-state index contributed by atoms with van der Waals surface area (Å²) in [4.78, 5) is 0. The molecule has 0 amide bonds. The quantitative estimate of drug-likeness (QED) is 0.496. The number of hydrogen-bond donors (Lipinski definition) is 3. The number of phenolic OH excluding ortho intramolecular Hbond substituents is 2. The van der Waals surface area contributed by atoms with Crippen LogP contribution in [0.2, 0.25) is 0 Å². The minimum atomic E-state index is -0.783. The minimum absolute atomic E-state index is 0.170. The van der Waals surface area contributed by atoms with Gasteiger partial charge in [0.25, 0.3) is 0 Å². The Balaban J connectivity index is 3.44. The third kappa shape index (κ3) is 2.18. The standard InChI is InChI=1S/C8H8I2O3/c1-3(11)6-4(9)2-5(10)7(12)8(6)13/h2-3,11-13H,1H3. The van der Waals surface area contributed by atoms with E-state index in [1.165, 1.54) is 0 Å². The van der Waals surface area contributed by atoms with Crippen LogP contribution in [0.1, 0.15) is 18.6 Å². The summed E-state index contributed by atoms with van der Waals surface area (Å²) in [5.41, 5.74) is 0.374. The number of rotatable bonds is 1. The van der Waals surface area contributed by atoms with Gasteiger partial charge < -0.3 is 15.3 Å². The predicted octanol–water partition coefficient (Wildman–Crippen LogP) is 2.36. The monoisotopic (exact) mass is 406 g/mol. The van der Waals surface area contributed by atoms with Crippen molar-refractivity contribution in [2.45, 2.75) is 13.0 Å². The van der Waals surface area contributed by atoms with E-state index in [2.05, 4.69) is 0 Å². The highest BCUT2D eigenvalue weighted by Crippen LogP contribution is 2.39. The van der Waals surface area contributed by atoms with Crippen LogP contribution in [0.4, 0.5) is 0 Å². The molecule has 0 aliphatic carbocycles. The van der Waals surface area contributed by atoms with E-state index in [1.807, 2.05) is 45.2 Å². The lowest BCUT2D eigenvalue weighted by molar-refractivity contribution is 0.193. The summed E-state index contributed by atoms with van der Waals surface area (Å²) >= 11 is 3.93. The van der Waals surface area contributed by atoms with Crippen LogP contribution in [0.15, 0.2) is 6.07 Å². The van der Waals surface area contributed by atoms with Crippen LogP contribution >= 0.6 is 45.2 Å². The van der Waals surface area contributed by atoms with E-state index in [0.29, 0.717) is 9.13 Å². The van der Waals surface area contributed by atoms with Crippen LogP contribution in [0.3, 0.4) is 0 Å². The van der Waals surface area contributed by atoms with Crippen molar-refractivity contribution in [3.8, 4) is 11.5 Å². The van der Waals surface area contributed by atoms with Crippen molar-refractivity contribution in [1.29, 1.82) is 0 Å². The summed E-state index contributed by atoms with van der Waals surface area (Å²) in [5.74, 6) is -0.400. The smallest absolute Gasteiger partial charge is 0.171 e. The van der Waals surface area contributed by atoms with E-state index in [4.69, 9.17) is 0 Å². The van der Waals surface area contributed by atoms with E-state index in [0.717, 1.165) is 3.57 Å². The molecule has 0 saturated heterocycles. The number of aromatic hydroxyl groups is 2. The van der Waals surface area contributed by atoms with Gasteiger partial charge in [-0.1, -0.05) is 0 Å². The van der Waals surface area contributed by atoms with E-state index >= 15 is 0 Å². The van der Waals surface area contributed by atoms with Crippen molar-refractivity contribution in [3.05, 3.63) is 18.8 Å². The maximum absolute atomic E-state index is 9.51. The highest BCUT2D eigenvalue weighted by molar-refractivity contribution is 14.1. The Morgan fingerprint density at radius 2 is 1.69 bits per heavy atom. The third-order valence-electron chi connectivity index (χ3n) is 1.63. The van der Waals surface area contributed by atoms with Gasteiger partial charge in [-0.15, -0.1) is 0 Å². The maximum atomic E-state index is 9.51. The van der Waals surface area contributed by atoms with Crippen molar-refractivity contribution >= 4 is 45.2 Å². The molecule has 0 aliphatic rings. The molecule has 1 atom stereocenters. The number of aliphatic hydroxyl groups excluding tert-OH is 1. The highest BCUT2D eigenvalue weighted by Gasteiger charge is 2.17. The van der Waals surface area contributed by atoms with E-state index < -0.39 is 6.10 Å². The average Bonchev–Trinajstić information content (AvgIpc) is 1.99. The van der Waals surface area contributed by atoms with Crippen molar-refractivity contribution in [2.75, 3.05) is 0 Å². The van der Waals surface area contributed by atoms with Gasteiger partial charge in [-0.2, -0.15) is 0 Å². The summed E-state index contributed by atoms with van der Waals surface area (Å²) in [5, 5.41) is 28.2. The second-order valence-electron chi connectivity index (χ2n) is 2.63. The van der Waals surface area contributed by atoms with Crippen LogP contribution in [0.5, 0.6) is 11.5 Å².